The molecule has 0 saturated heterocycles. The van der Waals surface area contributed by atoms with Gasteiger partial charge in [-0.25, -0.2) is 10.2 Å². The number of aryl methyl sites for hydroxylation is 2. The summed E-state index contributed by atoms with van der Waals surface area (Å²) in [5, 5.41) is 8.56. The van der Waals surface area contributed by atoms with E-state index < -0.39 is 6.17 Å². The first-order valence-electron chi connectivity index (χ1n) is 12.9. The number of nitrogens with one attached hydrogen (secondary N) is 1. The van der Waals surface area contributed by atoms with Crippen LogP contribution in [0.25, 0.3) is 5.70 Å². The molecule has 0 spiro atoms. The molecule has 210 valence electrons. The Hall–Kier alpha value is -3.89. The molecule has 1 unspecified atom stereocenters. The molecule has 1 aromatic heterocycles. The van der Waals surface area contributed by atoms with Gasteiger partial charge in [0.15, 0.2) is 0 Å². The molecule has 1 amide bonds. The van der Waals surface area contributed by atoms with Crippen LogP contribution in [0.4, 0.5) is 21.5 Å². The van der Waals surface area contributed by atoms with E-state index in [-0.39, 0.29) is 5.91 Å². The van der Waals surface area contributed by atoms with Crippen molar-refractivity contribution in [3.63, 3.8) is 0 Å². The Balaban J connectivity index is 1.83. The molecule has 39 heavy (non-hydrogen) atoms. The fraction of sp³-hybridized carbons (Fsp3) is 0.379. The average Bonchev–Trinajstić information content (AvgIpc) is 3.21. The lowest BCUT2D eigenvalue weighted by atomic mass is 10.1. The topological polar surface area (TPSA) is 109 Å². The Labute approximate surface area is 230 Å². The van der Waals surface area contributed by atoms with Gasteiger partial charge in [0.2, 0.25) is 0 Å². The molecule has 9 nitrogen and oxygen atoms in total. The average molecular weight is 537 g/mol. The van der Waals surface area contributed by atoms with E-state index in [9.17, 15) is 9.18 Å². The number of aromatic nitrogens is 2. The van der Waals surface area contributed by atoms with Crippen LogP contribution in [0.2, 0.25) is 0 Å². The Morgan fingerprint density at radius 2 is 1.87 bits per heavy atom. The van der Waals surface area contributed by atoms with Gasteiger partial charge >= 0.3 is 0 Å². The monoisotopic (exact) mass is 536 g/mol. The van der Waals surface area contributed by atoms with E-state index in [4.69, 9.17) is 11.6 Å². The number of amides is 1. The smallest absolute Gasteiger partial charge is 0.255 e. The molecule has 0 fully saturated rings. The largest absolute Gasteiger partial charge is 0.397 e. The Morgan fingerprint density at radius 1 is 1.15 bits per heavy atom. The summed E-state index contributed by atoms with van der Waals surface area (Å²) >= 11 is 0. The van der Waals surface area contributed by atoms with Crippen molar-refractivity contribution in [3.05, 3.63) is 76.7 Å². The molecule has 0 radical (unpaired) electrons. The van der Waals surface area contributed by atoms with E-state index in [0.717, 1.165) is 42.0 Å². The van der Waals surface area contributed by atoms with Gasteiger partial charge in [0.05, 0.1) is 17.6 Å². The van der Waals surface area contributed by atoms with E-state index in [1.165, 1.54) is 11.9 Å². The summed E-state index contributed by atoms with van der Waals surface area (Å²) in [6.07, 6.45) is 3.08. The van der Waals surface area contributed by atoms with E-state index in [1.54, 1.807) is 35.3 Å². The molecule has 0 aliphatic heterocycles. The Kier molecular flexibility index (Phi) is 9.71. The number of nitrogens with two attached hydrogens (primary N) is 2. The van der Waals surface area contributed by atoms with Crippen LogP contribution in [0.1, 0.15) is 52.3 Å². The van der Waals surface area contributed by atoms with Crippen molar-refractivity contribution in [2.45, 2.75) is 33.4 Å². The molecule has 0 saturated carbocycles. The quantitative estimate of drug-likeness (QED) is 0.247. The Bertz CT molecular complexity index is 1330. The number of alkyl halides is 1. The lowest BCUT2D eigenvalue weighted by molar-refractivity contribution is 0.102. The van der Waals surface area contributed by atoms with Crippen molar-refractivity contribution >= 4 is 28.7 Å². The second kappa shape index (κ2) is 12.8. The first kappa shape index (κ1) is 29.7. The molecule has 0 aliphatic carbocycles. The summed E-state index contributed by atoms with van der Waals surface area (Å²) in [5.41, 5.74) is 12.2. The van der Waals surface area contributed by atoms with Crippen molar-refractivity contribution < 1.29 is 9.18 Å². The van der Waals surface area contributed by atoms with Gasteiger partial charge in [-0.3, -0.25) is 14.5 Å². The molecule has 0 bridgehead atoms. The second-order valence-corrected chi connectivity index (χ2v) is 10.2. The maximum atomic E-state index is 14.3. The molecule has 5 N–H and O–H groups in total. The number of carbonyl (C=O) groups is 1. The number of carbonyl (C=O) groups excluding carboxylic acids is 1. The predicted molar refractivity (Wildman–Crippen MR) is 158 cm³/mol. The van der Waals surface area contributed by atoms with Crippen molar-refractivity contribution in [1.29, 1.82) is 0 Å². The van der Waals surface area contributed by atoms with Gasteiger partial charge in [-0.1, -0.05) is 6.07 Å². The maximum absolute atomic E-state index is 14.3. The number of hydrazine groups is 1. The van der Waals surface area contributed by atoms with Crippen LogP contribution >= 0.6 is 0 Å². The van der Waals surface area contributed by atoms with E-state index >= 15 is 0 Å². The third-order valence-electron chi connectivity index (χ3n) is 6.77. The van der Waals surface area contributed by atoms with Crippen LogP contribution in [-0.2, 0) is 7.05 Å². The van der Waals surface area contributed by atoms with Crippen molar-refractivity contribution in [1.82, 2.24) is 14.7 Å². The van der Waals surface area contributed by atoms with Crippen molar-refractivity contribution in [2.75, 3.05) is 49.5 Å². The highest BCUT2D eigenvalue weighted by Gasteiger charge is 2.15. The number of nitrogens with zero attached hydrogens (tertiary/aromatic N) is 5. The predicted octanol–water partition coefficient (Wildman–Crippen LogP) is 4.35. The number of halogens is 1. The van der Waals surface area contributed by atoms with Gasteiger partial charge in [0.1, 0.15) is 6.17 Å². The number of anilines is 3. The first-order chi connectivity index (χ1) is 18.4. The van der Waals surface area contributed by atoms with Gasteiger partial charge in [-0.15, -0.1) is 0 Å². The summed E-state index contributed by atoms with van der Waals surface area (Å²) < 4.78 is 16.1. The number of hydrogen-bond acceptors (Lipinski definition) is 7. The highest BCUT2D eigenvalue weighted by atomic mass is 19.1. The summed E-state index contributed by atoms with van der Waals surface area (Å²) in [4.78, 5) is 17.5. The molecule has 1 atom stereocenters. The van der Waals surface area contributed by atoms with Crippen LogP contribution in [0.5, 0.6) is 0 Å². The molecule has 3 rings (SSSR count). The van der Waals surface area contributed by atoms with Gasteiger partial charge < -0.3 is 20.9 Å². The third kappa shape index (κ3) is 7.58. The Morgan fingerprint density at radius 3 is 2.49 bits per heavy atom. The molecule has 10 heteroatoms. The zero-order chi connectivity index (χ0) is 28.9. The molecule has 2 aromatic carbocycles. The van der Waals surface area contributed by atoms with Crippen molar-refractivity contribution in [2.24, 2.45) is 18.6 Å². The van der Waals surface area contributed by atoms with E-state index in [0.29, 0.717) is 28.2 Å². The number of hydrogen-bond donors (Lipinski definition) is 3. The minimum atomic E-state index is -1.17. The fourth-order valence-electron chi connectivity index (χ4n) is 4.21. The van der Waals surface area contributed by atoms with Crippen LogP contribution in [0.3, 0.4) is 0 Å². The summed E-state index contributed by atoms with van der Waals surface area (Å²) in [5.74, 6) is 6.02. The van der Waals surface area contributed by atoms with Crippen LogP contribution in [0.15, 0.2) is 48.8 Å². The molecule has 0 aliphatic rings. The minimum absolute atomic E-state index is 0.324. The SMILES string of the molecule is Cc1ccc(C(=O)Nc2cc(C(C)F)cc(N(C)CCCN(C)C)c2)cc1N(N)/C=C(\N)c1cnn(C)c1C. The van der Waals surface area contributed by atoms with Gasteiger partial charge in [0, 0.05) is 55.0 Å². The third-order valence-corrected chi connectivity index (χ3v) is 6.77. The zero-order valence-electron chi connectivity index (χ0n) is 24.0. The maximum Gasteiger partial charge on any atom is 0.255 e. The lowest BCUT2D eigenvalue weighted by Gasteiger charge is -2.23. The molecule has 3 aromatic rings. The van der Waals surface area contributed by atoms with Gasteiger partial charge in [-0.05, 0) is 89.3 Å². The summed E-state index contributed by atoms with van der Waals surface area (Å²) in [6, 6.07) is 10.6. The fourth-order valence-corrected chi connectivity index (χ4v) is 4.21. The minimum Gasteiger partial charge on any atom is -0.397 e. The summed E-state index contributed by atoms with van der Waals surface area (Å²) in [7, 11) is 7.88. The van der Waals surface area contributed by atoms with E-state index in [1.807, 2.05) is 60.2 Å². The zero-order valence-corrected chi connectivity index (χ0v) is 24.0. The van der Waals surface area contributed by atoms with Gasteiger partial charge in [0.25, 0.3) is 5.91 Å². The highest BCUT2D eigenvalue weighted by molar-refractivity contribution is 6.05. The van der Waals surface area contributed by atoms with Gasteiger partial charge in [-0.2, -0.15) is 5.10 Å². The lowest BCUT2D eigenvalue weighted by Crippen LogP contribution is -2.27. The summed E-state index contributed by atoms with van der Waals surface area (Å²) in [6.45, 7) is 7.07. The van der Waals surface area contributed by atoms with E-state index in [2.05, 4.69) is 20.2 Å². The number of rotatable bonds is 11. The first-order valence-corrected chi connectivity index (χ1v) is 12.9. The normalized spacial score (nSPS) is 12.5. The van der Waals surface area contributed by atoms with Crippen LogP contribution < -0.4 is 26.8 Å². The van der Waals surface area contributed by atoms with Crippen LogP contribution in [0, 0.1) is 13.8 Å². The molecule has 1 heterocycles. The second-order valence-electron chi connectivity index (χ2n) is 10.2. The molecular weight excluding hydrogens is 495 g/mol. The standard InChI is InChI=1S/C29H41FN8O/c1-19-9-10-22(15-28(19)38(32)18-27(31)26-17-33-37(7)21(26)3)29(39)34-24-13-23(20(2)30)14-25(16-24)36(6)12-8-11-35(4)5/h9-10,13-18,20H,8,11-12,31-32H2,1-7H3,(H,34,39)/b27-18-. The molecular formula is C29H41FN8O. The number of benzene rings is 2. The van der Waals surface area contributed by atoms with Crippen LogP contribution in [-0.4, -0.2) is 54.8 Å². The highest BCUT2D eigenvalue weighted by Crippen LogP contribution is 2.28. The van der Waals surface area contributed by atoms with Crippen molar-refractivity contribution in [3.8, 4) is 0 Å².